The van der Waals surface area contributed by atoms with E-state index in [9.17, 15) is 4.79 Å². The quantitative estimate of drug-likeness (QED) is 0.274. The molecule has 0 aliphatic rings. The first kappa shape index (κ1) is 16.5. The summed E-state index contributed by atoms with van der Waals surface area (Å²) in [5.41, 5.74) is 9.60. The summed E-state index contributed by atoms with van der Waals surface area (Å²) in [5, 5.41) is 0. The zero-order chi connectivity index (χ0) is 17.1. The minimum Gasteiger partial charge on any atom is -0.422 e. The standard InChI is InChI=1S/C20H16INO2/c1-13-7-6-10-16(19(13)22)20(23)24-18-12-5-3-9-15(18)14-8-2-4-11-17(14)21/h2-12H,22H2,1H3. The van der Waals surface area contributed by atoms with Crippen LogP contribution in [0.2, 0.25) is 0 Å². The van der Waals surface area contributed by atoms with E-state index in [4.69, 9.17) is 10.5 Å². The first-order valence-electron chi connectivity index (χ1n) is 7.49. The van der Waals surface area contributed by atoms with Gasteiger partial charge in [0.1, 0.15) is 5.75 Å². The van der Waals surface area contributed by atoms with E-state index >= 15 is 0 Å². The fraction of sp³-hybridized carbons (Fsp3) is 0.0500. The Bertz CT molecular complexity index is 906. The second-order valence-corrected chi connectivity index (χ2v) is 6.56. The van der Waals surface area contributed by atoms with Crippen molar-refractivity contribution in [1.29, 1.82) is 0 Å². The second-order valence-electron chi connectivity index (χ2n) is 5.40. The third-order valence-corrected chi connectivity index (χ3v) is 4.74. The molecule has 3 nitrogen and oxygen atoms in total. The SMILES string of the molecule is Cc1cccc(C(=O)Oc2ccccc2-c2ccccc2I)c1N. The van der Waals surface area contributed by atoms with Gasteiger partial charge in [0.15, 0.2) is 0 Å². The molecule has 0 saturated heterocycles. The summed E-state index contributed by atoms with van der Waals surface area (Å²) in [6.45, 7) is 1.87. The van der Waals surface area contributed by atoms with Crippen LogP contribution in [0.25, 0.3) is 11.1 Å². The fourth-order valence-corrected chi connectivity index (χ4v) is 3.15. The molecule has 0 aliphatic carbocycles. The van der Waals surface area contributed by atoms with Crippen LogP contribution in [0, 0.1) is 10.5 Å². The van der Waals surface area contributed by atoms with E-state index in [0.29, 0.717) is 17.0 Å². The molecule has 0 unspecified atom stereocenters. The van der Waals surface area contributed by atoms with Crippen molar-refractivity contribution in [1.82, 2.24) is 0 Å². The summed E-state index contributed by atoms with van der Waals surface area (Å²) in [5.74, 6) is 0.0714. The van der Waals surface area contributed by atoms with Gasteiger partial charge in [-0.2, -0.15) is 0 Å². The molecule has 0 spiro atoms. The smallest absolute Gasteiger partial charge is 0.345 e. The Morgan fingerprint density at radius 1 is 0.917 bits per heavy atom. The van der Waals surface area contributed by atoms with Gasteiger partial charge >= 0.3 is 5.97 Å². The highest BCUT2D eigenvalue weighted by molar-refractivity contribution is 14.1. The molecule has 0 aromatic heterocycles. The maximum absolute atomic E-state index is 12.6. The van der Waals surface area contributed by atoms with E-state index < -0.39 is 5.97 Å². The Morgan fingerprint density at radius 2 is 1.58 bits per heavy atom. The molecule has 0 saturated carbocycles. The van der Waals surface area contributed by atoms with Gasteiger partial charge in [-0.25, -0.2) is 4.79 Å². The molecular weight excluding hydrogens is 413 g/mol. The molecule has 3 aromatic rings. The number of aryl methyl sites for hydroxylation is 1. The second kappa shape index (κ2) is 7.05. The maximum atomic E-state index is 12.6. The lowest BCUT2D eigenvalue weighted by molar-refractivity contribution is 0.0736. The molecule has 0 heterocycles. The van der Waals surface area contributed by atoms with Crippen molar-refractivity contribution < 1.29 is 9.53 Å². The average molecular weight is 429 g/mol. The zero-order valence-electron chi connectivity index (χ0n) is 13.1. The molecule has 120 valence electrons. The van der Waals surface area contributed by atoms with Gasteiger partial charge in [-0.1, -0.05) is 48.5 Å². The third kappa shape index (κ3) is 3.28. The van der Waals surface area contributed by atoms with Crippen LogP contribution in [0.5, 0.6) is 5.75 Å². The number of carbonyl (C=O) groups is 1. The minimum absolute atomic E-state index is 0.382. The fourth-order valence-electron chi connectivity index (χ4n) is 2.47. The Labute approximate surface area is 154 Å². The van der Waals surface area contributed by atoms with Gasteiger partial charge in [-0.05, 0) is 58.8 Å². The number of rotatable bonds is 3. The van der Waals surface area contributed by atoms with Crippen LogP contribution < -0.4 is 10.5 Å². The molecule has 3 aromatic carbocycles. The Morgan fingerprint density at radius 3 is 2.33 bits per heavy atom. The Hall–Kier alpha value is -2.34. The lowest BCUT2D eigenvalue weighted by Gasteiger charge is -2.13. The van der Waals surface area contributed by atoms with Gasteiger partial charge in [0.25, 0.3) is 0 Å². The van der Waals surface area contributed by atoms with E-state index in [-0.39, 0.29) is 0 Å². The van der Waals surface area contributed by atoms with Crippen LogP contribution in [-0.2, 0) is 0 Å². The molecule has 0 radical (unpaired) electrons. The van der Waals surface area contributed by atoms with Crippen molar-refractivity contribution in [2.24, 2.45) is 0 Å². The lowest BCUT2D eigenvalue weighted by Crippen LogP contribution is -2.12. The minimum atomic E-state index is -0.449. The van der Waals surface area contributed by atoms with Crippen LogP contribution in [0.1, 0.15) is 15.9 Å². The molecule has 0 fully saturated rings. The summed E-state index contributed by atoms with van der Waals surface area (Å²) in [7, 11) is 0. The number of anilines is 1. The van der Waals surface area contributed by atoms with Crippen LogP contribution in [0.3, 0.4) is 0 Å². The predicted molar refractivity (Wildman–Crippen MR) is 105 cm³/mol. The molecular formula is C20H16INO2. The van der Waals surface area contributed by atoms with Crippen molar-refractivity contribution in [3.63, 3.8) is 0 Å². The van der Waals surface area contributed by atoms with E-state index in [1.54, 1.807) is 18.2 Å². The number of hydrogen-bond donors (Lipinski definition) is 1. The first-order valence-corrected chi connectivity index (χ1v) is 8.57. The highest BCUT2D eigenvalue weighted by Crippen LogP contribution is 2.33. The van der Waals surface area contributed by atoms with Gasteiger partial charge in [0.2, 0.25) is 0 Å². The highest BCUT2D eigenvalue weighted by atomic mass is 127. The monoisotopic (exact) mass is 429 g/mol. The summed E-state index contributed by atoms with van der Waals surface area (Å²) in [6.07, 6.45) is 0. The number of nitrogens with two attached hydrogens (primary N) is 1. The largest absolute Gasteiger partial charge is 0.422 e. The third-order valence-electron chi connectivity index (χ3n) is 3.80. The van der Waals surface area contributed by atoms with Gasteiger partial charge in [0, 0.05) is 14.8 Å². The number of esters is 1. The molecule has 3 rings (SSSR count). The number of hydrogen-bond acceptors (Lipinski definition) is 3. The van der Waals surface area contributed by atoms with Crippen LogP contribution in [-0.4, -0.2) is 5.97 Å². The average Bonchev–Trinajstić information content (AvgIpc) is 2.58. The van der Waals surface area contributed by atoms with Crippen molar-refractivity contribution in [2.45, 2.75) is 6.92 Å². The lowest BCUT2D eigenvalue weighted by atomic mass is 10.0. The highest BCUT2D eigenvalue weighted by Gasteiger charge is 2.16. The predicted octanol–water partition coefficient (Wildman–Crippen LogP) is 5.07. The normalized spacial score (nSPS) is 10.4. The van der Waals surface area contributed by atoms with E-state index in [2.05, 4.69) is 22.6 Å². The molecule has 2 N–H and O–H groups in total. The topological polar surface area (TPSA) is 52.3 Å². The van der Waals surface area contributed by atoms with Gasteiger partial charge in [-0.15, -0.1) is 0 Å². The Kier molecular flexibility index (Phi) is 4.85. The molecule has 0 amide bonds. The molecule has 0 bridgehead atoms. The number of nitrogen functional groups attached to an aromatic ring is 1. The van der Waals surface area contributed by atoms with Gasteiger partial charge < -0.3 is 10.5 Å². The Balaban J connectivity index is 1.98. The van der Waals surface area contributed by atoms with Crippen molar-refractivity contribution >= 4 is 34.2 Å². The number of para-hydroxylation sites is 2. The maximum Gasteiger partial charge on any atom is 0.345 e. The van der Waals surface area contributed by atoms with Crippen molar-refractivity contribution in [2.75, 3.05) is 5.73 Å². The molecule has 0 atom stereocenters. The number of halogens is 1. The van der Waals surface area contributed by atoms with Gasteiger partial charge in [-0.3, -0.25) is 0 Å². The number of benzene rings is 3. The summed E-state index contributed by atoms with van der Waals surface area (Å²) in [4.78, 5) is 12.6. The van der Waals surface area contributed by atoms with Crippen LogP contribution in [0.4, 0.5) is 5.69 Å². The van der Waals surface area contributed by atoms with Crippen LogP contribution in [0.15, 0.2) is 66.7 Å². The summed E-state index contributed by atoms with van der Waals surface area (Å²) in [6, 6.07) is 20.8. The van der Waals surface area contributed by atoms with Crippen LogP contribution >= 0.6 is 22.6 Å². The van der Waals surface area contributed by atoms with Gasteiger partial charge in [0.05, 0.1) is 5.56 Å². The van der Waals surface area contributed by atoms with Crippen molar-refractivity contribution in [3.05, 3.63) is 81.4 Å². The molecule has 4 heteroatoms. The summed E-state index contributed by atoms with van der Waals surface area (Å²) < 4.78 is 6.75. The van der Waals surface area contributed by atoms with E-state index in [1.165, 1.54) is 0 Å². The molecule has 24 heavy (non-hydrogen) atoms. The summed E-state index contributed by atoms with van der Waals surface area (Å²) >= 11 is 2.27. The van der Waals surface area contributed by atoms with Crippen molar-refractivity contribution in [3.8, 4) is 16.9 Å². The molecule has 0 aliphatic heterocycles. The van der Waals surface area contributed by atoms with E-state index in [1.807, 2.05) is 55.5 Å². The van der Waals surface area contributed by atoms with E-state index in [0.717, 1.165) is 20.3 Å². The number of carbonyl (C=O) groups excluding carboxylic acids is 1. The number of ether oxygens (including phenoxy) is 1. The zero-order valence-corrected chi connectivity index (χ0v) is 15.3. The first-order chi connectivity index (χ1) is 11.6.